The third kappa shape index (κ3) is 18.0. The van der Waals surface area contributed by atoms with Crippen LogP contribution in [-0.4, -0.2) is 24.6 Å². The molecule has 6 heteroatoms. The molecule has 8 aromatic carbocycles. The first kappa shape index (κ1) is 56.5. The van der Waals surface area contributed by atoms with Crippen molar-refractivity contribution in [2.24, 2.45) is 23.7 Å². The second-order valence-electron chi connectivity index (χ2n) is 17.4. The van der Waals surface area contributed by atoms with Gasteiger partial charge in [0.1, 0.15) is 0 Å². The van der Waals surface area contributed by atoms with Gasteiger partial charge in [-0.25, -0.2) is 0 Å². The number of fused-ring (bicyclic) bond motifs is 4. The van der Waals surface area contributed by atoms with Crippen LogP contribution in [0.3, 0.4) is 0 Å². The molecule has 60 heavy (non-hydrogen) atoms. The number of halogens is 2. The Morgan fingerprint density at radius 3 is 0.833 bits per heavy atom. The molecular weight excluding hydrogens is 964 g/mol. The van der Waals surface area contributed by atoms with Crippen LogP contribution in [0.25, 0.3) is 43.1 Å². The van der Waals surface area contributed by atoms with E-state index in [1.165, 1.54) is 78.9 Å². The number of hydrogen-bond donors (Lipinski definition) is 0. The number of aryl methyl sites for hydroxylation is 2. The van der Waals surface area contributed by atoms with Crippen LogP contribution in [0.5, 0.6) is 0 Å². The molecule has 0 nitrogen and oxygen atoms in total. The molecule has 0 radical (unpaired) electrons. The van der Waals surface area contributed by atoms with Gasteiger partial charge in [-0.05, 0) is 48.3 Å². The van der Waals surface area contributed by atoms with Crippen molar-refractivity contribution in [1.29, 1.82) is 0 Å². The first-order valence-electron chi connectivity index (χ1n) is 20.9. The summed E-state index contributed by atoms with van der Waals surface area (Å²) in [6.45, 7) is 23.0. The zero-order valence-corrected chi connectivity index (χ0v) is 45.9. The SMILES string of the molecule is CC(C)CP(CC(C)C)c1cc2ccccc2[cH-]1.CC(C)CP(CC(C)C)c1cc2ccccc2[cH-]1.Cc1cc2ccccc2[cH-]1.Cc1cc2ccccc2[cH-]1.[Cl-].[Cl-].[Zr+2].[Zr+2]. The summed E-state index contributed by atoms with van der Waals surface area (Å²) in [7, 11) is 0.0370. The molecular formula is C54H66Cl2P2Zr2-2. The van der Waals surface area contributed by atoms with E-state index in [0.29, 0.717) is 0 Å². The van der Waals surface area contributed by atoms with Gasteiger partial charge in [0.15, 0.2) is 0 Å². The molecule has 0 saturated heterocycles. The first-order chi connectivity index (χ1) is 26.8. The fourth-order valence-corrected chi connectivity index (χ4v) is 13.5. The van der Waals surface area contributed by atoms with E-state index >= 15 is 0 Å². The summed E-state index contributed by atoms with van der Waals surface area (Å²) >= 11 is 0. The molecule has 316 valence electrons. The van der Waals surface area contributed by atoms with Gasteiger partial charge in [0.2, 0.25) is 0 Å². The van der Waals surface area contributed by atoms with E-state index in [1.807, 2.05) is 0 Å². The molecule has 0 aliphatic rings. The fourth-order valence-electron chi connectivity index (χ4n) is 7.58. The third-order valence-electron chi connectivity index (χ3n) is 9.80. The molecule has 8 rings (SSSR count). The Morgan fingerprint density at radius 1 is 0.367 bits per heavy atom. The van der Waals surface area contributed by atoms with Crippen molar-refractivity contribution < 1.29 is 77.2 Å². The maximum atomic E-state index is 2.42. The molecule has 0 bridgehead atoms. The van der Waals surface area contributed by atoms with Gasteiger partial charge in [-0.1, -0.05) is 109 Å². The maximum Gasteiger partial charge on any atom is 2.00 e. The number of rotatable bonds is 10. The smallest absolute Gasteiger partial charge is 1.00 e. The Bertz CT molecular complexity index is 2040. The van der Waals surface area contributed by atoms with Crippen molar-refractivity contribution in [3.8, 4) is 0 Å². The first-order valence-corrected chi connectivity index (χ1v) is 24.3. The van der Waals surface area contributed by atoms with Crippen LogP contribution in [0.15, 0.2) is 146 Å². The topological polar surface area (TPSA) is 0 Å². The molecule has 0 spiro atoms. The second kappa shape index (κ2) is 28.3. The predicted octanol–water partition coefficient (Wildman–Crippen LogP) is 9.69. The standard InChI is InChI=1S/2C17H24P.2C10H9.2ClH.2Zr/c2*1-13(2)11-18(12-14(3)4)17-9-15-7-5-6-8-16(15)10-17;2*1-8-6-9-4-2-3-5-10(9)7-8;;;;/h2*5-10,13-14H,11-12H2,1-4H3;2*2-7H,1H3;2*1H;;/q4*-1;;;2*+2/p-2. The zero-order valence-electron chi connectivity index (χ0n) is 37.6. The average molecular weight is 1030 g/mol. The van der Waals surface area contributed by atoms with E-state index in [-0.39, 0.29) is 93.1 Å². The second-order valence-corrected chi connectivity index (χ2v) is 22.0. The summed E-state index contributed by atoms with van der Waals surface area (Å²) < 4.78 is 0. The minimum atomic E-state index is 0. The van der Waals surface area contributed by atoms with Gasteiger partial charge in [-0.15, -0.1) is 162 Å². The Kier molecular flexibility index (Phi) is 26.7. The van der Waals surface area contributed by atoms with Crippen LogP contribution in [0, 0.1) is 37.5 Å². The van der Waals surface area contributed by atoms with Gasteiger partial charge >= 0.3 is 52.4 Å². The molecule has 0 amide bonds. The van der Waals surface area contributed by atoms with E-state index in [1.54, 1.807) is 10.6 Å². The molecule has 0 fully saturated rings. The van der Waals surface area contributed by atoms with Crippen molar-refractivity contribution in [3.63, 3.8) is 0 Å². The molecule has 0 aliphatic carbocycles. The fraction of sp³-hybridized carbons (Fsp3) is 0.333. The summed E-state index contributed by atoms with van der Waals surface area (Å²) in [6, 6.07) is 52.8. The van der Waals surface area contributed by atoms with Crippen LogP contribution in [0.2, 0.25) is 0 Å². The molecule has 0 N–H and O–H groups in total. The maximum absolute atomic E-state index is 2.42. The third-order valence-corrected chi connectivity index (χ3v) is 16.5. The Balaban J connectivity index is 0.000000403. The van der Waals surface area contributed by atoms with Crippen LogP contribution in [0.4, 0.5) is 0 Å². The van der Waals surface area contributed by atoms with E-state index in [9.17, 15) is 0 Å². The van der Waals surface area contributed by atoms with Gasteiger partial charge in [0.05, 0.1) is 0 Å². The van der Waals surface area contributed by atoms with E-state index in [4.69, 9.17) is 0 Å². The predicted molar refractivity (Wildman–Crippen MR) is 260 cm³/mol. The van der Waals surface area contributed by atoms with Crippen molar-refractivity contribution in [2.75, 3.05) is 24.6 Å². The Labute approximate surface area is 417 Å². The summed E-state index contributed by atoms with van der Waals surface area (Å²) in [6.07, 6.45) is 5.46. The molecule has 0 aromatic heterocycles. The summed E-state index contributed by atoms with van der Waals surface area (Å²) in [5, 5.41) is 14.2. The quantitative estimate of drug-likeness (QED) is 0.0947. The van der Waals surface area contributed by atoms with E-state index in [0.717, 1.165) is 23.7 Å². The molecule has 0 saturated carbocycles. The van der Waals surface area contributed by atoms with E-state index < -0.39 is 0 Å². The molecule has 0 heterocycles. The van der Waals surface area contributed by atoms with Crippen LogP contribution >= 0.6 is 15.8 Å². The number of hydrogen-bond acceptors (Lipinski definition) is 0. The summed E-state index contributed by atoms with van der Waals surface area (Å²) in [5.41, 5.74) is 2.70. The van der Waals surface area contributed by atoms with Crippen LogP contribution < -0.4 is 35.4 Å². The van der Waals surface area contributed by atoms with Gasteiger partial charge in [0, 0.05) is 0 Å². The minimum Gasteiger partial charge on any atom is -1.00 e. The Morgan fingerprint density at radius 2 is 0.600 bits per heavy atom. The summed E-state index contributed by atoms with van der Waals surface area (Å²) in [4.78, 5) is 0. The molecule has 0 aliphatic heterocycles. The molecule has 0 unspecified atom stereocenters. The molecule has 8 aromatic rings. The van der Waals surface area contributed by atoms with Gasteiger partial charge in [0.25, 0.3) is 0 Å². The largest absolute Gasteiger partial charge is 2.00 e. The average Bonchev–Trinajstić information content (AvgIpc) is 3.94. The normalized spacial score (nSPS) is 10.8. The van der Waals surface area contributed by atoms with Crippen LogP contribution in [0.1, 0.15) is 66.5 Å². The Hall–Kier alpha value is -1.47. The van der Waals surface area contributed by atoms with Crippen molar-refractivity contribution in [3.05, 3.63) is 157 Å². The zero-order chi connectivity index (χ0) is 40.2. The van der Waals surface area contributed by atoms with Crippen molar-refractivity contribution in [1.82, 2.24) is 0 Å². The van der Waals surface area contributed by atoms with Gasteiger partial charge in [-0.3, -0.25) is 0 Å². The van der Waals surface area contributed by atoms with Crippen molar-refractivity contribution in [2.45, 2.75) is 69.2 Å². The molecule has 0 atom stereocenters. The van der Waals surface area contributed by atoms with Crippen molar-refractivity contribution >= 4 is 69.5 Å². The summed E-state index contributed by atoms with van der Waals surface area (Å²) in [5.74, 6) is 3.20. The van der Waals surface area contributed by atoms with Crippen LogP contribution in [-0.2, 0) is 52.4 Å². The van der Waals surface area contributed by atoms with Gasteiger partial charge in [-0.2, -0.15) is 24.3 Å². The minimum absolute atomic E-state index is 0. The monoisotopic (exact) mass is 1030 g/mol. The number of benzene rings is 4. The van der Waals surface area contributed by atoms with E-state index in [2.05, 4.69) is 215 Å². The van der Waals surface area contributed by atoms with Gasteiger partial charge < -0.3 is 24.8 Å².